The Hall–Kier alpha value is -2.58. The Morgan fingerprint density at radius 2 is 1.71 bits per heavy atom. The number of hydrogen-bond donors (Lipinski definition) is 1. The third-order valence-corrected chi connectivity index (χ3v) is 4.50. The van der Waals surface area contributed by atoms with Gasteiger partial charge in [0, 0.05) is 5.56 Å². The van der Waals surface area contributed by atoms with Crippen molar-refractivity contribution in [2.24, 2.45) is 0 Å². The van der Waals surface area contributed by atoms with Crippen LogP contribution < -0.4 is 4.72 Å². The number of aromatic nitrogens is 2. The first-order valence-electron chi connectivity index (χ1n) is 7.11. The quantitative estimate of drug-likeness (QED) is 0.740. The van der Waals surface area contributed by atoms with Crippen molar-refractivity contribution in [2.45, 2.75) is 12.3 Å². The number of hydrogen-bond acceptors (Lipinski definition) is 5. The predicted molar refractivity (Wildman–Crippen MR) is 85.6 cm³/mol. The molecule has 8 heteroatoms. The SMILES string of the molecule is O=S(=O)(Cc1ccccc1)NCc1nnc(-c2ccc(F)cc2)o1. The van der Waals surface area contributed by atoms with Crippen LogP contribution in [-0.2, 0) is 22.3 Å². The van der Waals surface area contributed by atoms with E-state index in [4.69, 9.17) is 4.42 Å². The van der Waals surface area contributed by atoms with Gasteiger partial charge in [0.1, 0.15) is 5.82 Å². The summed E-state index contributed by atoms with van der Waals surface area (Å²) in [5.74, 6) is -0.169. The molecule has 0 saturated carbocycles. The maximum Gasteiger partial charge on any atom is 0.247 e. The Labute approximate surface area is 138 Å². The van der Waals surface area contributed by atoms with E-state index in [0.717, 1.165) is 0 Å². The molecule has 0 amide bonds. The van der Waals surface area contributed by atoms with Gasteiger partial charge >= 0.3 is 0 Å². The zero-order chi connectivity index (χ0) is 17.0. The highest BCUT2D eigenvalue weighted by Crippen LogP contribution is 2.18. The van der Waals surface area contributed by atoms with Crippen LogP contribution in [0.2, 0.25) is 0 Å². The summed E-state index contributed by atoms with van der Waals surface area (Å²) in [5, 5.41) is 7.61. The summed E-state index contributed by atoms with van der Waals surface area (Å²) in [7, 11) is -3.52. The van der Waals surface area contributed by atoms with E-state index in [1.165, 1.54) is 24.3 Å². The maximum atomic E-state index is 12.9. The fourth-order valence-corrected chi connectivity index (χ4v) is 3.13. The molecule has 3 aromatic rings. The number of halogens is 1. The normalized spacial score (nSPS) is 11.5. The summed E-state index contributed by atoms with van der Waals surface area (Å²) in [6, 6.07) is 14.4. The number of sulfonamides is 1. The van der Waals surface area contributed by atoms with E-state index >= 15 is 0 Å². The van der Waals surface area contributed by atoms with Crippen molar-refractivity contribution in [2.75, 3.05) is 0 Å². The lowest BCUT2D eigenvalue weighted by Gasteiger charge is -2.04. The minimum absolute atomic E-state index is 0.108. The van der Waals surface area contributed by atoms with Crippen LogP contribution in [0.3, 0.4) is 0 Å². The van der Waals surface area contributed by atoms with Gasteiger partial charge in [-0.3, -0.25) is 0 Å². The molecule has 0 aliphatic heterocycles. The van der Waals surface area contributed by atoms with E-state index in [1.807, 2.05) is 6.07 Å². The van der Waals surface area contributed by atoms with E-state index in [9.17, 15) is 12.8 Å². The van der Waals surface area contributed by atoms with E-state index in [2.05, 4.69) is 14.9 Å². The lowest BCUT2D eigenvalue weighted by molar-refractivity contribution is 0.494. The summed E-state index contributed by atoms with van der Waals surface area (Å²) < 4.78 is 44.8. The van der Waals surface area contributed by atoms with Crippen LogP contribution in [0.5, 0.6) is 0 Å². The Kier molecular flexibility index (Phi) is 4.68. The minimum Gasteiger partial charge on any atom is -0.419 e. The molecule has 6 nitrogen and oxygen atoms in total. The molecule has 0 aliphatic rings. The second-order valence-electron chi connectivity index (χ2n) is 5.07. The smallest absolute Gasteiger partial charge is 0.247 e. The van der Waals surface area contributed by atoms with Crippen molar-refractivity contribution in [1.29, 1.82) is 0 Å². The summed E-state index contributed by atoms with van der Waals surface area (Å²) >= 11 is 0. The van der Waals surface area contributed by atoms with Crippen LogP contribution >= 0.6 is 0 Å². The second kappa shape index (κ2) is 6.90. The molecular weight excluding hydrogens is 333 g/mol. The maximum absolute atomic E-state index is 12.9. The summed E-state index contributed by atoms with van der Waals surface area (Å²) in [5.41, 5.74) is 1.24. The highest BCUT2D eigenvalue weighted by molar-refractivity contribution is 7.88. The van der Waals surface area contributed by atoms with Gasteiger partial charge in [0.05, 0.1) is 12.3 Å². The average molecular weight is 347 g/mol. The van der Waals surface area contributed by atoms with Gasteiger partial charge in [0.15, 0.2) is 0 Å². The van der Waals surface area contributed by atoms with Gasteiger partial charge in [-0.1, -0.05) is 30.3 Å². The Morgan fingerprint density at radius 3 is 2.42 bits per heavy atom. The Bertz CT molecular complexity index is 909. The third-order valence-electron chi connectivity index (χ3n) is 3.20. The van der Waals surface area contributed by atoms with Gasteiger partial charge in [-0.05, 0) is 29.8 Å². The number of nitrogens with zero attached hydrogens (tertiary/aromatic N) is 2. The molecule has 2 aromatic carbocycles. The topological polar surface area (TPSA) is 85.1 Å². The van der Waals surface area contributed by atoms with Crippen LogP contribution in [0, 0.1) is 5.82 Å². The predicted octanol–water partition coefficient (Wildman–Crippen LogP) is 2.50. The van der Waals surface area contributed by atoms with Gasteiger partial charge in [0.25, 0.3) is 0 Å². The van der Waals surface area contributed by atoms with Gasteiger partial charge in [-0.25, -0.2) is 17.5 Å². The zero-order valence-corrected chi connectivity index (χ0v) is 13.3. The van der Waals surface area contributed by atoms with Gasteiger partial charge in [0.2, 0.25) is 21.8 Å². The van der Waals surface area contributed by atoms with E-state index < -0.39 is 10.0 Å². The second-order valence-corrected chi connectivity index (χ2v) is 6.88. The molecule has 0 radical (unpaired) electrons. The first kappa shape index (κ1) is 16.3. The molecule has 0 unspecified atom stereocenters. The number of nitrogens with one attached hydrogen (secondary N) is 1. The first-order valence-corrected chi connectivity index (χ1v) is 8.77. The monoisotopic (exact) mass is 347 g/mol. The fourth-order valence-electron chi connectivity index (χ4n) is 2.05. The molecule has 1 N–H and O–H groups in total. The fraction of sp³-hybridized carbons (Fsp3) is 0.125. The Balaban J connectivity index is 1.63. The lowest BCUT2D eigenvalue weighted by Crippen LogP contribution is -2.24. The Morgan fingerprint density at radius 1 is 1.00 bits per heavy atom. The number of benzene rings is 2. The van der Waals surface area contributed by atoms with E-state index in [1.54, 1.807) is 24.3 Å². The molecule has 1 aromatic heterocycles. The summed E-state index contributed by atoms with van der Waals surface area (Å²) in [6.45, 7) is -0.108. The zero-order valence-electron chi connectivity index (χ0n) is 12.5. The van der Waals surface area contributed by atoms with Crippen molar-refractivity contribution < 1.29 is 17.2 Å². The van der Waals surface area contributed by atoms with Crippen molar-refractivity contribution >= 4 is 10.0 Å². The van der Waals surface area contributed by atoms with E-state index in [-0.39, 0.29) is 29.9 Å². The average Bonchev–Trinajstić information content (AvgIpc) is 3.03. The van der Waals surface area contributed by atoms with E-state index in [0.29, 0.717) is 11.1 Å². The molecule has 124 valence electrons. The number of rotatable bonds is 6. The van der Waals surface area contributed by atoms with Crippen LogP contribution in [0.1, 0.15) is 11.5 Å². The van der Waals surface area contributed by atoms with Crippen LogP contribution in [0.4, 0.5) is 4.39 Å². The van der Waals surface area contributed by atoms with Crippen molar-refractivity contribution in [3.05, 3.63) is 71.9 Å². The molecule has 0 atom stereocenters. The molecular formula is C16H14FN3O3S. The van der Waals surface area contributed by atoms with Crippen LogP contribution in [0.15, 0.2) is 59.0 Å². The summed E-state index contributed by atoms with van der Waals surface area (Å²) in [6.07, 6.45) is 0. The third kappa shape index (κ3) is 4.24. The highest BCUT2D eigenvalue weighted by atomic mass is 32.2. The minimum atomic E-state index is -3.52. The van der Waals surface area contributed by atoms with Crippen LogP contribution in [0.25, 0.3) is 11.5 Å². The molecule has 0 fully saturated rings. The first-order chi connectivity index (χ1) is 11.5. The lowest BCUT2D eigenvalue weighted by atomic mass is 10.2. The molecule has 0 spiro atoms. The molecule has 0 bridgehead atoms. The standard InChI is InChI=1S/C16H14FN3O3S/c17-14-8-6-13(7-9-14)16-20-19-15(23-16)10-18-24(21,22)11-12-4-2-1-3-5-12/h1-9,18H,10-11H2. The van der Waals surface area contributed by atoms with Gasteiger partial charge in [-0.2, -0.15) is 0 Å². The van der Waals surface area contributed by atoms with Crippen molar-refractivity contribution in [3.8, 4) is 11.5 Å². The van der Waals surface area contributed by atoms with Gasteiger partial charge in [-0.15, -0.1) is 10.2 Å². The molecule has 24 heavy (non-hydrogen) atoms. The molecule has 1 heterocycles. The largest absolute Gasteiger partial charge is 0.419 e. The highest BCUT2D eigenvalue weighted by Gasteiger charge is 2.14. The van der Waals surface area contributed by atoms with Gasteiger partial charge < -0.3 is 4.42 Å². The molecule has 0 aliphatic carbocycles. The van der Waals surface area contributed by atoms with Crippen molar-refractivity contribution in [1.82, 2.24) is 14.9 Å². The van der Waals surface area contributed by atoms with Crippen LogP contribution in [-0.4, -0.2) is 18.6 Å². The molecule has 3 rings (SSSR count). The molecule has 0 saturated heterocycles. The van der Waals surface area contributed by atoms with Crippen molar-refractivity contribution in [3.63, 3.8) is 0 Å². The summed E-state index contributed by atoms with van der Waals surface area (Å²) in [4.78, 5) is 0.